The molecule has 0 aliphatic carbocycles. The Hall–Kier alpha value is -0.800. The third-order valence-corrected chi connectivity index (χ3v) is 3.15. The van der Waals surface area contributed by atoms with Gasteiger partial charge in [-0.2, -0.15) is 0 Å². The number of aromatic nitrogens is 1. The van der Waals surface area contributed by atoms with Crippen molar-refractivity contribution in [1.29, 1.82) is 0 Å². The van der Waals surface area contributed by atoms with Crippen LogP contribution in [0.25, 0.3) is 0 Å². The van der Waals surface area contributed by atoms with Crippen molar-refractivity contribution in [2.45, 2.75) is 66.2 Å². The zero-order chi connectivity index (χ0) is 15.3. The summed E-state index contributed by atoms with van der Waals surface area (Å²) in [7, 11) is 0. The first-order chi connectivity index (χ1) is 9.17. The minimum atomic E-state index is 0.0345. The second-order valence-electron chi connectivity index (χ2n) is 6.74. The van der Waals surface area contributed by atoms with E-state index >= 15 is 0 Å². The van der Waals surface area contributed by atoms with Crippen molar-refractivity contribution in [3.63, 3.8) is 0 Å². The molecule has 0 bridgehead atoms. The molecule has 4 heteroatoms. The summed E-state index contributed by atoms with van der Waals surface area (Å²) in [5.41, 5.74) is 0.864. The lowest BCUT2D eigenvalue weighted by atomic mass is 10.1. The highest BCUT2D eigenvalue weighted by Crippen LogP contribution is 2.20. The van der Waals surface area contributed by atoms with Gasteiger partial charge >= 0.3 is 0 Å². The van der Waals surface area contributed by atoms with Gasteiger partial charge in [-0.1, -0.05) is 25.4 Å². The monoisotopic (exact) mass is 298 g/mol. The van der Waals surface area contributed by atoms with Crippen molar-refractivity contribution < 1.29 is 4.74 Å². The van der Waals surface area contributed by atoms with Crippen LogP contribution in [0.4, 0.5) is 0 Å². The molecule has 20 heavy (non-hydrogen) atoms. The SMILES string of the molecule is CC(C)CC(C)Oc1ccc(Cl)c(CNC(C)(C)C)n1. The minimum Gasteiger partial charge on any atom is -0.475 e. The maximum Gasteiger partial charge on any atom is 0.213 e. The lowest BCUT2D eigenvalue weighted by Crippen LogP contribution is -2.35. The Bertz CT molecular complexity index is 427. The molecule has 1 atom stereocenters. The molecule has 0 saturated carbocycles. The van der Waals surface area contributed by atoms with Crippen LogP contribution in [0.5, 0.6) is 5.88 Å². The Kier molecular flexibility index (Phi) is 6.28. The molecule has 1 heterocycles. The first-order valence-electron chi connectivity index (χ1n) is 7.24. The van der Waals surface area contributed by atoms with Crippen molar-refractivity contribution >= 4 is 11.6 Å². The fourth-order valence-corrected chi connectivity index (χ4v) is 2.09. The molecule has 0 spiro atoms. The number of ether oxygens (including phenoxy) is 1. The number of pyridine rings is 1. The number of nitrogens with zero attached hydrogens (tertiary/aromatic N) is 1. The van der Waals surface area contributed by atoms with Crippen LogP contribution in [-0.2, 0) is 6.54 Å². The average molecular weight is 299 g/mol. The molecule has 0 amide bonds. The van der Waals surface area contributed by atoms with Gasteiger partial charge in [0.1, 0.15) is 0 Å². The molecule has 3 nitrogen and oxygen atoms in total. The summed E-state index contributed by atoms with van der Waals surface area (Å²) in [4.78, 5) is 4.51. The predicted molar refractivity (Wildman–Crippen MR) is 85.4 cm³/mol. The summed E-state index contributed by atoms with van der Waals surface area (Å²) in [6.07, 6.45) is 1.17. The summed E-state index contributed by atoms with van der Waals surface area (Å²) >= 11 is 6.19. The summed E-state index contributed by atoms with van der Waals surface area (Å²) in [5.74, 6) is 1.26. The Morgan fingerprint density at radius 1 is 1.25 bits per heavy atom. The van der Waals surface area contributed by atoms with E-state index in [-0.39, 0.29) is 11.6 Å². The van der Waals surface area contributed by atoms with Crippen LogP contribution < -0.4 is 10.1 Å². The van der Waals surface area contributed by atoms with Crippen molar-refractivity contribution in [2.24, 2.45) is 5.92 Å². The molecule has 0 aliphatic heterocycles. The Morgan fingerprint density at radius 2 is 1.90 bits per heavy atom. The van der Waals surface area contributed by atoms with E-state index in [0.717, 1.165) is 12.1 Å². The van der Waals surface area contributed by atoms with E-state index in [9.17, 15) is 0 Å². The van der Waals surface area contributed by atoms with Crippen LogP contribution in [-0.4, -0.2) is 16.6 Å². The van der Waals surface area contributed by atoms with Gasteiger partial charge in [-0.3, -0.25) is 0 Å². The van der Waals surface area contributed by atoms with E-state index in [0.29, 0.717) is 23.4 Å². The van der Waals surface area contributed by atoms with Crippen molar-refractivity contribution in [3.05, 3.63) is 22.8 Å². The number of nitrogens with one attached hydrogen (secondary N) is 1. The molecule has 0 aromatic carbocycles. The van der Waals surface area contributed by atoms with Gasteiger partial charge in [-0.05, 0) is 46.1 Å². The second-order valence-corrected chi connectivity index (χ2v) is 7.15. The van der Waals surface area contributed by atoms with Crippen LogP contribution >= 0.6 is 11.6 Å². The van der Waals surface area contributed by atoms with E-state index in [1.807, 2.05) is 12.1 Å². The van der Waals surface area contributed by atoms with E-state index in [4.69, 9.17) is 16.3 Å². The van der Waals surface area contributed by atoms with Gasteiger partial charge in [0.15, 0.2) is 0 Å². The number of hydrogen-bond acceptors (Lipinski definition) is 3. The first kappa shape index (κ1) is 17.3. The van der Waals surface area contributed by atoms with Gasteiger partial charge in [-0.25, -0.2) is 4.98 Å². The third-order valence-electron chi connectivity index (χ3n) is 2.80. The summed E-state index contributed by atoms with van der Waals surface area (Å²) in [5, 5.41) is 4.06. The van der Waals surface area contributed by atoms with Crippen LogP contribution in [0.15, 0.2) is 12.1 Å². The normalized spacial score (nSPS) is 13.6. The Morgan fingerprint density at radius 3 is 2.45 bits per heavy atom. The average Bonchev–Trinajstić information content (AvgIpc) is 2.27. The van der Waals surface area contributed by atoms with E-state index in [1.54, 1.807) is 0 Å². The fraction of sp³-hybridized carbons (Fsp3) is 0.688. The Balaban J connectivity index is 2.70. The maximum absolute atomic E-state index is 6.19. The minimum absolute atomic E-state index is 0.0345. The molecule has 114 valence electrons. The summed E-state index contributed by atoms with van der Waals surface area (Å²) in [6.45, 7) is 13.4. The highest BCUT2D eigenvalue weighted by molar-refractivity contribution is 6.31. The quantitative estimate of drug-likeness (QED) is 0.843. The highest BCUT2D eigenvalue weighted by atomic mass is 35.5. The van der Waals surface area contributed by atoms with Crippen molar-refractivity contribution in [2.75, 3.05) is 0 Å². The predicted octanol–water partition coefficient (Wildman–Crippen LogP) is 4.44. The molecule has 1 rings (SSSR count). The van der Waals surface area contributed by atoms with Crippen molar-refractivity contribution in [3.8, 4) is 5.88 Å². The van der Waals surface area contributed by atoms with Crippen LogP contribution in [0.2, 0.25) is 5.02 Å². The maximum atomic E-state index is 6.19. The standard InChI is InChI=1S/C16H27ClN2O/c1-11(2)9-12(3)20-15-8-7-13(17)14(19-15)10-18-16(4,5)6/h7-8,11-12,18H,9-10H2,1-6H3. The molecule has 1 aromatic heterocycles. The van der Waals surface area contributed by atoms with Gasteiger partial charge in [0.25, 0.3) is 0 Å². The number of rotatable bonds is 6. The molecule has 1 unspecified atom stereocenters. The molecule has 0 fully saturated rings. The molecular weight excluding hydrogens is 272 g/mol. The first-order valence-corrected chi connectivity index (χ1v) is 7.62. The van der Waals surface area contributed by atoms with Gasteiger partial charge in [0.2, 0.25) is 5.88 Å². The zero-order valence-corrected chi connectivity index (χ0v) is 14.2. The smallest absolute Gasteiger partial charge is 0.213 e. The topological polar surface area (TPSA) is 34.1 Å². The third kappa shape index (κ3) is 6.58. The van der Waals surface area contributed by atoms with E-state index < -0.39 is 0 Å². The van der Waals surface area contributed by atoms with Gasteiger partial charge in [-0.15, -0.1) is 0 Å². The largest absolute Gasteiger partial charge is 0.475 e. The summed E-state index contributed by atoms with van der Waals surface area (Å²) in [6, 6.07) is 3.69. The molecule has 1 aromatic rings. The van der Waals surface area contributed by atoms with Crippen LogP contribution in [0, 0.1) is 5.92 Å². The van der Waals surface area contributed by atoms with Gasteiger partial charge < -0.3 is 10.1 Å². The molecular formula is C16H27ClN2O. The van der Waals surface area contributed by atoms with E-state index in [2.05, 4.69) is 51.8 Å². The van der Waals surface area contributed by atoms with Crippen molar-refractivity contribution in [1.82, 2.24) is 10.3 Å². The van der Waals surface area contributed by atoms with Gasteiger partial charge in [0.05, 0.1) is 16.8 Å². The summed E-state index contributed by atoms with van der Waals surface area (Å²) < 4.78 is 5.86. The Labute approximate surface area is 128 Å². The molecule has 0 saturated heterocycles. The highest BCUT2D eigenvalue weighted by Gasteiger charge is 2.13. The van der Waals surface area contributed by atoms with Crippen LogP contribution in [0.1, 0.15) is 53.7 Å². The van der Waals surface area contributed by atoms with Crippen LogP contribution in [0.3, 0.4) is 0 Å². The lowest BCUT2D eigenvalue weighted by molar-refractivity contribution is 0.185. The zero-order valence-electron chi connectivity index (χ0n) is 13.5. The van der Waals surface area contributed by atoms with Gasteiger partial charge in [0, 0.05) is 18.2 Å². The number of halogens is 1. The molecule has 0 radical (unpaired) electrons. The molecule has 0 aliphatic rings. The van der Waals surface area contributed by atoms with E-state index in [1.165, 1.54) is 0 Å². The fourth-order valence-electron chi connectivity index (χ4n) is 1.92. The lowest BCUT2D eigenvalue weighted by Gasteiger charge is -2.21. The second kappa shape index (κ2) is 7.28. The molecule has 1 N–H and O–H groups in total. The number of hydrogen-bond donors (Lipinski definition) is 1.